The zero-order valence-electron chi connectivity index (χ0n) is 11.4. The van der Waals surface area contributed by atoms with Crippen molar-refractivity contribution in [2.45, 2.75) is 19.1 Å². The molecular weight excluding hydrogens is 246 g/mol. The summed E-state index contributed by atoms with van der Waals surface area (Å²) >= 11 is 0. The third-order valence-corrected chi connectivity index (χ3v) is 3.61. The fourth-order valence-corrected chi connectivity index (χ4v) is 2.63. The average Bonchev–Trinajstić information content (AvgIpc) is 2.81. The van der Waals surface area contributed by atoms with Crippen LogP contribution in [-0.4, -0.2) is 50.6 Å². The smallest absolute Gasteiger partial charge is 0.337 e. The quantitative estimate of drug-likeness (QED) is 0.895. The maximum absolute atomic E-state index is 11.3. The number of hydrogen-bond acceptors (Lipinski definition) is 4. The van der Waals surface area contributed by atoms with E-state index in [2.05, 4.69) is 0 Å². The molecule has 0 saturated carbocycles. The second-order valence-electron chi connectivity index (χ2n) is 4.73. The number of carboxylic acid groups (broad SMARTS) is 1. The Labute approximate surface area is 112 Å². The highest BCUT2D eigenvalue weighted by molar-refractivity contribution is 5.95. The van der Waals surface area contributed by atoms with Crippen molar-refractivity contribution in [3.8, 4) is 0 Å². The molecule has 0 bridgehead atoms. The van der Waals surface area contributed by atoms with E-state index in [0.717, 1.165) is 11.3 Å². The molecule has 1 heterocycles. The van der Waals surface area contributed by atoms with Gasteiger partial charge in [0.25, 0.3) is 0 Å². The van der Waals surface area contributed by atoms with E-state index in [-0.39, 0.29) is 12.2 Å². The Hall–Kier alpha value is -1.59. The van der Waals surface area contributed by atoms with E-state index in [9.17, 15) is 9.90 Å². The fraction of sp³-hybridized carbons (Fsp3) is 0.500. The zero-order valence-corrected chi connectivity index (χ0v) is 11.4. The summed E-state index contributed by atoms with van der Waals surface area (Å²) in [6.45, 7) is 3.20. The van der Waals surface area contributed by atoms with E-state index in [1.165, 1.54) is 0 Å². The summed E-state index contributed by atoms with van der Waals surface area (Å²) < 4.78 is 10.8. The lowest BCUT2D eigenvalue weighted by Crippen LogP contribution is -2.27. The molecule has 1 aliphatic heterocycles. The second kappa shape index (κ2) is 5.59. The first-order valence-corrected chi connectivity index (χ1v) is 6.22. The van der Waals surface area contributed by atoms with E-state index >= 15 is 0 Å². The number of aromatic carboxylic acids is 1. The molecule has 5 nitrogen and oxygen atoms in total. The number of ether oxygens (including phenoxy) is 2. The third-order valence-electron chi connectivity index (χ3n) is 3.61. The summed E-state index contributed by atoms with van der Waals surface area (Å²) in [6, 6.07) is 5.32. The van der Waals surface area contributed by atoms with Crippen molar-refractivity contribution in [2.24, 2.45) is 0 Å². The minimum Gasteiger partial charge on any atom is -0.478 e. The molecule has 0 aromatic heterocycles. The summed E-state index contributed by atoms with van der Waals surface area (Å²) in [6.07, 6.45) is -0.0718. The highest BCUT2D eigenvalue weighted by Crippen LogP contribution is 2.30. The van der Waals surface area contributed by atoms with Gasteiger partial charge in [-0.25, -0.2) is 4.79 Å². The Kier molecular flexibility index (Phi) is 4.07. The molecule has 104 valence electrons. The number of para-hydroxylation sites is 1. The van der Waals surface area contributed by atoms with Crippen LogP contribution >= 0.6 is 0 Å². The van der Waals surface area contributed by atoms with Crippen LogP contribution in [0, 0.1) is 6.92 Å². The first kappa shape index (κ1) is 13.8. The Morgan fingerprint density at radius 3 is 2.32 bits per heavy atom. The molecule has 2 unspecified atom stereocenters. The first-order valence-electron chi connectivity index (χ1n) is 6.22. The zero-order chi connectivity index (χ0) is 14.0. The maximum atomic E-state index is 11.3. The summed E-state index contributed by atoms with van der Waals surface area (Å²) in [5.74, 6) is -0.909. The summed E-state index contributed by atoms with van der Waals surface area (Å²) in [5, 5.41) is 9.31. The van der Waals surface area contributed by atoms with Crippen LogP contribution in [0.3, 0.4) is 0 Å². The van der Waals surface area contributed by atoms with E-state index in [0.29, 0.717) is 18.7 Å². The Morgan fingerprint density at radius 2 is 1.84 bits per heavy atom. The molecule has 1 saturated heterocycles. The van der Waals surface area contributed by atoms with Gasteiger partial charge in [-0.3, -0.25) is 0 Å². The van der Waals surface area contributed by atoms with Gasteiger partial charge >= 0.3 is 5.97 Å². The number of hydrogen-bond donors (Lipinski definition) is 1. The fourth-order valence-electron chi connectivity index (χ4n) is 2.63. The molecule has 1 aliphatic rings. The SMILES string of the molecule is COC1CN(c2c(C)cccc2C(=O)O)CC1OC. The molecule has 1 fully saturated rings. The van der Waals surface area contributed by atoms with Gasteiger partial charge in [-0.2, -0.15) is 0 Å². The lowest BCUT2D eigenvalue weighted by atomic mass is 10.1. The molecule has 5 heteroatoms. The van der Waals surface area contributed by atoms with Crippen LogP contribution in [0.5, 0.6) is 0 Å². The predicted molar refractivity (Wildman–Crippen MR) is 71.9 cm³/mol. The maximum Gasteiger partial charge on any atom is 0.337 e. The second-order valence-corrected chi connectivity index (χ2v) is 4.73. The third kappa shape index (κ3) is 2.57. The number of anilines is 1. The highest BCUT2D eigenvalue weighted by Gasteiger charge is 2.35. The molecule has 0 amide bonds. The molecule has 1 aromatic rings. The largest absolute Gasteiger partial charge is 0.478 e. The Bertz CT molecular complexity index is 463. The van der Waals surface area contributed by atoms with Crippen LogP contribution in [0.15, 0.2) is 18.2 Å². The Morgan fingerprint density at radius 1 is 1.26 bits per heavy atom. The molecule has 0 aliphatic carbocycles. The standard InChI is InChI=1S/C14H19NO4/c1-9-5-4-6-10(14(16)17)13(9)15-7-11(18-2)12(8-15)19-3/h4-6,11-12H,7-8H2,1-3H3,(H,16,17). The van der Waals surface area contributed by atoms with Gasteiger partial charge in [0.2, 0.25) is 0 Å². The molecule has 0 radical (unpaired) electrons. The number of rotatable bonds is 4. The van der Waals surface area contributed by atoms with Gasteiger partial charge in [-0.05, 0) is 18.6 Å². The first-order chi connectivity index (χ1) is 9.08. The number of nitrogens with zero attached hydrogens (tertiary/aromatic N) is 1. The van der Waals surface area contributed by atoms with Gasteiger partial charge in [-0.15, -0.1) is 0 Å². The molecule has 2 atom stereocenters. The van der Waals surface area contributed by atoms with Crippen molar-refractivity contribution in [3.63, 3.8) is 0 Å². The topological polar surface area (TPSA) is 59.0 Å². The van der Waals surface area contributed by atoms with Gasteiger partial charge in [0.15, 0.2) is 0 Å². The lowest BCUT2D eigenvalue weighted by molar-refractivity contribution is -0.00461. The lowest BCUT2D eigenvalue weighted by Gasteiger charge is -2.22. The van der Waals surface area contributed by atoms with Gasteiger partial charge in [-0.1, -0.05) is 12.1 Å². The average molecular weight is 265 g/mol. The number of benzene rings is 1. The summed E-state index contributed by atoms with van der Waals surface area (Å²) in [7, 11) is 3.30. The predicted octanol–water partition coefficient (Wildman–Crippen LogP) is 1.54. The molecule has 2 rings (SSSR count). The minimum absolute atomic E-state index is 0.0359. The van der Waals surface area contributed by atoms with Crippen molar-refractivity contribution in [1.82, 2.24) is 0 Å². The van der Waals surface area contributed by atoms with Crippen LogP contribution in [-0.2, 0) is 9.47 Å². The van der Waals surface area contributed by atoms with Crippen LogP contribution in [0.4, 0.5) is 5.69 Å². The summed E-state index contributed by atoms with van der Waals surface area (Å²) in [5.41, 5.74) is 2.04. The van der Waals surface area contributed by atoms with Crippen molar-refractivity contribution in [2.75, 3.05) is 32.2 Å². The van der Waals surface area contributed by atoms with Crippen LogP contribution in [0.25, 0.3) is 0 Å². The van der Waals surface area contributed by atoms with E-state index in [1.54, 1.807) is 26.4 Å². The van der Waals surface area contributed by atoms with Crippen LogP contribution in [0.2, 0.25) is 0 Å². The van der Waals surface area contributed by atoms with Crippen molar-refractivity contribution < 1.29 is 19.4 Å². The number of aryl methyl sites for hydroxylation is 1. The van der Waals surface area contributed by atoms with Crippen molar-refractivity contribution in [3.05, 3.63) is 29.3 Å². The van der Waals surface area contributed by atoms with E-state index in [1.807, 2.05) is 17.9 Å². The monoisotopic (exact) mass is 265 g/mol. The normalized spacial score (nSPS) is 22.8. The Balaban J connectivity index is 2.35. The minimum atomic E-state index is -0.909. The molecular formula is C14H19NO4. The van der Waals surface area contributed by atoms with Gasteiger partial charge in [0.05, 0.1) is 11.3 Å². The number of methoxy groups -OCH3 is 2. The highest BCUT2D eigenvalue weighted by atomic mass is 16.5. The molecule has 1 aromatic carbocycles. The van der Waals surface area contributed by atoms with Crippen LogP contribution < -0.4 is 4.90 Å². The molecule has 19 heavy (non-hydrogen) atoms. The van der Waals surface area contributed by atoms with Crippen molar-refractivity contribution in [1.29, 1.82) is 0 Å². The van der Waals surface area contributed by atoms with Gasteiger partial charge < -0.3 is 19.5 Å². The number of carbonyl (C=O) groups is 1. The van der Waals surface area contributed by atoms with Crippen molar-refractivity contribution >= 4 is 11.7 Å². The molecule has 1 N–H and O–H groups in total. The van der Waals surface area contributed by atoms with Crippen LogP contribution in [0.1, 0.15) is 15.9 Å². The van der Waals surface area contributed by atoms with E-state index in [4.69, 9.17) is 9.47 Å². The number of carboxylic acids is 1. The summed E-state index contributed by atoms with van der Waals surface area (Å²) in [4.78, 5) is 13.4. The van der Waals surface area contributed by atoms with Gasteiger partial charge in [0.1, 0.15) is 12.2 Å². The van der Waals surface area contributed by atoms with E-state index < -0.39 is 5.97 Å². The molecule has 0 spiro atoms. The van der Waals surface area contributed by atoms with Gasteiger partial charge in [0, 0.05) is 27.3 Å².